The van der Waals surface area contributed by atoms with Crippen LogP contribution in [-0.4, -0.2) is 36.3 Å². The van der Waals surface area contributed by atoms with Crippen molar-refractivity contribution >= 4 is 17.0 Å². The molecule has 0 saturated carbocycles. The van der Waals surface area contributed by atoms with Crippen molar-refractivity contribution in [2.24, 2.45) is 5.92 Å². The van der Waals surface area contributed by atoms with E-state index in [1.807, 2.05) is 13.8 Å². The monoisotopic (exact) mass is 289 g/mol. The summed E-state index contributed by atoms with van der Waals surface area (Å²) >= 11 is 0. The van der Waals surface area contributed by atoms with Gasteiger partial charge in [-0.2, -0.15) is 0 Å². The number of aliphatic hydroxyl groups excluding tert-OH is 1. The fourth-order valence-electron chi connectivity index (χ4n) is 3.00. The molecule has 1 aliphatic heterocycles. The highest BCUT2D eigenvalue weighted by Gasteiger charge is 2.50. The molecular formula is C14H19N5O2. The summed E-state index contributed by atoms with van der Waals surface area (Å²) in [6.45, 7) is 7.83. The third kappa shape index (κ3) is 1.85. The summed E-state index contributed by atoms with van der Waals surface area (Å²) < 4.78 is 7.82. The van der Waals surface area contributed by atoms with Gasteiger partial charge >= 0.3 is 0 Å². The molecule has 0 amide bonds. The molecule has 3 N–H and O–H groups in total. The first-order valence-corrected chi connectivity index (χ1v) is 6.96. The molecule has 3 heterocycles. The number of nitrogen functional groups attached to an aromatic ring is 1. The molecule has 0 spiro atoms. The zero-order chi connectivity index (χ0) is 15.2. The summed E-state index contributed by atoms with van der Waals surface area (Å²) in [4.78, 5) is 12.3. The lowest BCUT2D eigenvalue weighted by atomic mass is 9.85. The molecule has 21 heavy (non-hydrogen) atoms. The number of anilines is 1. The van der Waals surface area contributed by atoms with Gasteiger partial charge in [-0.05, 0) is 6.42 Å². The maximum Gasteiger partial charge on any atom is 0.167 e. The van der Waals surface area contributed by atoms with Crippen LogP contribution in [0.5, 0.6) is 0 Å². The molecule has 1 aliphatic rings. The van der Waals surface area contributed by atoms with Crippen LogP contribution in [0.2, 0.25) is 0 Å². The van der Waals surface area contributed by atoms with E-state index in [1.165, 1.54) is 6.33 Å². The molecule has 4 atom stereocenters. The zero-order valence-electron chi connectivity index (χ0n) is 12.1. The summed E-state index contributed by atoms with van der Waals surface area (Å²) in [6.07, 6.45) is 4.19. The predicted molar refractivity (Wildman–Crippen MR) is 78.2 cm³/mol. The van der Waals surface area contributed by atoms with E-state index in [2.05, 4.69) is 21.5 Å². The van der Waals surface area contributed by atoms with Crippen molar-refractivity contribution in [1.82, 2.24) is 19.5 Å². The molecule has 3 rings (SSSR count). The van der Waals surface area contributed by atoms with Gasteiger partial charge < -0.3 is 15.6 Å². The molecule has 2 aromatic rings. The summed E-state index contributed by atoms with van der Waals surface area (Å²) in [7, 11) is 0. The minimum atomic E-state index is -0.684. The first-order chi connectivity index (χ1) is 10.0. The van der Waals surface area contributed by atoms with Gasteiger partial charge in [0.1, 0.15) is 17.9 Å². The minimum Gasteiger partial charge on any atom is -0.388 e. The molecule has 4 unspecified atom stereocenters. The summed E-state index contributed by atoms with van der Waals surface area (Å²) in [5.41, 5.74) is 6.29. The smallest absolute Gasteiger partial charge is 0.167 e. The average Bonchev–Trinajstić information content (AvgIpc) is 3.02. The number of rotatable bonds is 3. The number of hydrogen-bond acceptors (Lipinski definition) is 6. The van der Waals surface area contributed by atoms with Crippen molar-refractivity contribution in [3.05, 3.63) is 25.3 Å². The lowest BCUT2D eigenvalue weighted by Gasteiger charge is -2.27. The van der Waals surface area contributed by atoms with Crippen LogP contribution < -0.4 is 5.73 Å². The highest BCUT2D eigenvalue weighted by Crippen LogP contribution is 2.44. The molecule has 112 valence electrons. The second kappa shape index (κ2) is 4.78. The Hall–Kier alpha value is -1.99. The van der Waals surface area contributed by atoms with Crippen molar-refractivity contribution in [3.63, 3.8) is 0 Å². The van der Waals surface area contributed by atoms with Gasteiger partial charge in [-0.25, -0.2) is 15.0 Å². The first kappa shape index (κ1) is 14.0. The molecule has 0 radical (unpaired) electrons. The second-order valence-electron chi connectivity index (χ2n) is 5.38. The first-order valence-electron chi connectivity index (χ1n) is 6.96. The number of ether oxygens (including phenoxy) is 1. The van der Waals surface area contributed by atoms with Gasteiger partial charge in [0, 0.05) is 5.92 Å². The number of imidazole rings is 1. The Morgan fingerprint density at radius 3 is 2.90 bits per heavy atom. The average molecular weight is 289 g/mol. The largest absolute Gasteiger partial charge is 0.388 e. The number of aliphatic hydroxyl groups is 1. The Labute approximate surface area is 122 Å². The van der Waals surface area contributed by atoms with E-state index in [-0.39, 0.29) is 5.92 Å². The molecule has 0 bridgehead atoms. The Balaban J connectivity index is 2.08. The molecule has 0 aliphatic carbocycles. The highest BCUT2D eigenvalue weighted by molar-refractivity contribution is 5.81. The lowest BCUT2D eigenvalue weighted by molar-refractivity contribution is -0.0681. The van der Waals surface area contributed by atoms with E-state index >= 15 is 0 Å². The predicted octanol–water partition coefficient (Wildman–Crippen LogP) is 1.27. The fraction of sp³-hybridized carbons (Fsp3) is 0.500. The van der Waals surface area contributed by atoms with Crippen molar-refractivity contribution in [2.45, 2.75) is 38.2 Å². The summed E-state index contributed by atoms with van der Waals surface area (Å²) in [5, 5.41) is 10.6. The number of nitrogens with zero attached hydrogens (tertiary/aromatic N) is 4. The van der Waals surface area contributed by atoms with E-state index in [0.29, 0.717) is 17.0 Å². The molecular weight excluding hydrogens is 270 g/mol. The maximum atomic E-state index is 10.6. The summed E-state index contributed by atoms with van der Waals surface area (Å²) in [6, 6.07) is 0. The van der Waals surface area contributed by atoms with Crippen LogP contribution in [0.15, 0.2) is 25.3 Å². The van der Waals surface area contributed by atoms with Gasteiger partial charge in [-0.15, -0.1) is 6.58 Å². The van der Waals surface area contributed by atoms with Gasteiger partial charge in [0.25, 0.3) is 0 Å². The Bertz CT molecular complexity index is 685. The van der Waals surface area contributed by atoms with Crippen LogP contribution in [0.1, 0.15) is 26.5 Å². The Morgan fingerprint density at radius 1 is 1.52 bits per heavy atom. The van der Waals surface area contributed by atoms with Crippen molar-refractivity contribution in [1.29, 1.82) is 0 Å². The molecule has 0 aromatic carbocycles. The lowest BCUT2D eigenvalue weighted by Crippen LogP contribution is -2.33. The van der Waals surface area contributed by atoms with Crippen molar-refractivity contribution in [2.75, 3.05) is 5.73 Å². The third-order valence-electron chi connectivity index (χ3n) is 4.47. The highest BCUT2D eigenvalue weighted by atomic mass is 16.5. The Kier molecular flexibility index (Phi) is 3.18. The summed E-state index contributed by atoms with van der Waals surface area (Å²) in [5.74, 6) is 0.228. The van der Waals surface area contributed by atoms with Gasteiger partial charge in [0.05, 0.1) is 11.9 Å². The van der Waals surface area contributed by atoms with E-state index < -0.39 is 17.9 Å². The molecule has 1 saturated heterocycles. The number of fused-ring (bicyclic) bond motifs is 1. The third-order valence-corrected chi connectivity index (χ3v) is 4.47. The topological polar surface area (TPSA) is 99.1 Å². The standard InChI is InChI=1S/C14H19N5O2/c1-4-14(5-2)8(3)10(20)13(21-14)19-7-18-9-11(15)16-6-17-12(9)19/h4,6-8,10,13,20H,1,5H2,2-3H3,(H2,15,16,17). The van der Waals surface area contributed by atoms with E-state index in [9.17, 15) is 5.11 Å². The second-order valence-corrected chi connectivity index (χ2v) is 5.38. The maximum absolute atomic E-state index is 10.6. The van der Waals surface area contributed by atoms with Crippen LogP contribution >= 0.6 is 0 Å². The molecule has 2 aromatic heterocycles. The van der Waals surface area contributed by atoms with Gasteiger partial charge in [-0.1, -0.05) is 19.9 Å². The van der Waals surface area contributed by atoms with E-state index in [1.54, 1.807) is 17.0 Å². The zero-order valence-corrected chi connectivity index (χ0v) is 12.1. The van der Waals surface area contributed by atoms with Crippen LogP contribution in [0, 0.1) is 5.92 Å². The van der Waals surface area contributed by atoms with Gasteiger partial charge in [0.15, 0.2) is 17.7 Å². The van der Waals surface area contributed by atoms with Gasteiger partial charge in [0.2, 0.25) is 0 Å². The molecule has 7 heteroatoms. The van der Waals surface area contributed by atoms with Crippen molar-refractivity contribution < 1.29 is 9.84 Å². The quantitative estimate of drug-likeness (QED) is 0.825. The Morgan fingerprint density at radius 2 is 2.29 bits per heavy atom. The van der Waals surface area contributed by atoms with E-state index in [0.717, 1.165) is 6.42 Å². The minimum absolute atomic E-state index is 0.0818. The van der Waals surface area contributed by atoms with Crippen LogP contribution in [0.4, 0.5) is 5.82 Å². The van der Waals surface area contributed by atoms with Crippen LogP contribution in [-0.2, 0) is 4.74 Å². The van der Waals surface area contributed by atoms with E-state index in [4.69, 9.17) is 10.5 Å². The van der Waals surface area contributed by atoms with Crippen molar-refractivity contribution in [3.8, 4) is 0 Å². The SMILES string of the molecule is C=CC1(CC)OC(n2cnc3c(N)ncnc32)C(O)C1C. The molecule has 1 fully saturated rings. The fourth-order valence-corrected chi connectivity index (χ4v) is 3.00. The number of nitrogens with two attached hydrogens (primary N) is 1. The van der Waals surface area contributed by atoms with Crippen LogP contribution in [0.3, 0.4) is 0 Å². The number of aromatic nitrogens is 4. The number of hydrogen-bond donors (Lipinski definition) is 2. The molecule has 7 nitrogen and oxygen atoms in total. The van der Waals surface area contributed by atoms with Crippen LogP contribution in [0.25, 0.3) is 11.2 Å². The van der Waals surface area contributed by atoms with Gasteiger partial charge in [-0.3, -0.25) is 4.57 Å². The normalized spacial score (nSPS) is 32.6.